The summed E-state index contributed by atoms with van der Waals surface area (Å²) < 4.78 is 0. The maximum absolute atomic E-state index is 9.51. The van der Waals surface area contributed by atoms with E-state index in [9.17, 15) is 9.79 Å². The van der Waals surface area contributed by atoms with E-state index < -0.39 is 7.72 Å². The average molecular weight is 184 g/mol. The van der Waals surface area contributed by atoms with Gasteiger partial charge in [0, 0.05) is 6.92 Å². The lowest BCUT2D eigenvalue weighted by Crippen LogP contribution is -2.15. The average Bonchev–Trinajstić information content (AvgIpc) is 2.06. The molecule has 0 saturated carbocycles. The largest absolute Gasteiger partial charge is 0.347 e. The van der Waals surface area contributed by atoms with Crippen molar-refractivity contribution in [1.82, 2.24) is 0 Å². The van der Waals surface area contributed by atoms with Gasteiger partial charge in [0.2, 0.25) is 5.45 Å². The number of nitrogens with one attached hydrogen (secondary N) is 1. The van der Waals surface area contributed by atoms with Crippen LogP contribution in [0.3, 0.4) is 0 Å². The second kappa shape index (κ2) is 3.31. The van der Waals surface area contributed by atoms with Gasteiger partial charge in [0.05, 0.1) is 0 Å². The maximum atomic E-state index is 9.51. The smallest absolute Gasteiger partial charge is 0.267 e. The van der Waals surface area contributed by atoms with Crippen LogP contribution < -0.4 is 5.30 Å². The van der Waals surface area contributed by atoms with Crippen molar-refractivity contribution in [3.8, 4) is 0 Å². The van der Waals surface area contributed by atoms with Crippen LogP contribution in [0.1, 0.15) is 6.92 Å². The molecule has 0 aliphatic rings. The van der Waals surface area contributed by atoms with E-state index in [1.165, 1.54) is 6.92 Å². The van der Waals surface area contributed by atoms with Crippen LogP contribution in [0.15, 0.2) is 30.3 Å². The fourth-order valence-corrected chi connectivity index (χ4v) is 1.80. The molecule has 0 unspecified atom stereocenters. The topological polar surface area (TPSA) is 64.3 Å². The third-order valence-corrected chi connectivity index (χ3v) is 3.54. The number of hydrogen-bond donors (Lipinski definition) is 3. The van der Waals surface area contributed by atoms with E-state index in [1.807, 2.05) is 0 Å². The van der Waals surface area contributed by atoms with Crippen LogP contribution in [0.2, 0.25) is 0 Å². The Morgan fingerprint density at radius 3 is 2.17 bits per heavy atom. The van der Waals surface area contributed by atoms with Crippen LogP contribution in [0, 0.1) is 5.41 Å². The first kappa shape index (κ1) is 9.33. The first-order chi connectivity index (χ1) is 5.55. The van der Waals surface area contributed by atoms with Crippen LogP contribution in [0.25, 0.3) is 0 Å². The van der Waals surface area contributed by atoms with E-state index in [2.05, 4.69) is 0 Å². The first-order valence-corrected chi connectivity index (χ1v) is 5.20. The molecule has 1 aromatic rings. The lowest BCUT2D eigenvalue weighted by Gasteiger charge is -2.08. The molecule has 12 heavy (non-hydrogen) atoms. The van der Waals surface area contributed by atoms with E-state index >= 15 is 0 Å². The third kappa shape index (κ3) is 1.69. The molecular formula is C8H11NO2P+. The lowest BCUT2D eigenvalue weighted by molar-refractivity contribution is 0.482. The Labute approximate surface area is 71.7 Å². The number of rotatable bonds is 2. The van der Waals surface area contributed by atoms with Gasteiger partial charge in [-0.25, -0.2) is 9.79 Å². The van der Waals surface area contributed by atoms with Gasteiger partial charge in [-0.1, -0.05) is 18.2 Å². The quantitative estimate of drug-likeness (QED) is 0.476. The lowest BCUT2D eigenvalue weighted by atomic mass is 10.4. The van der Waals surface area contributed by atoms with Crippen LogP contribution >= 0.6 is 7.72 Å². The van der Waals surface area contributed by atoms with Gasteiger partial charge in [-0.3, -0.25) is 5.41 Å². The van der Waals surface area contributed by atoms with Gasteiger partial charge in [-0.05, 0) is 12.1 Å². The van der Waals surface area contributed by atoms with Gasteiger partial charge in [0.15, 0.2) is 5.30 Å². The predicted molar refractivity (Wildman–Crippen MR) is 50.8 cm³/mol. The Balaban J connectivity index is 3.06. The molecule has 0 spiro atoms. The van der Waals surface area contributed by atoms with Gasteiger partial charge in [0.1, 0.15) is 0 Å². The van der Waals surface area contributed by atoms with Crippen molar-refractivity contribution >= 4 is 18.5 Å². The number of hydrogen-bond acceptors (Lipinski definition) is 3. The monoisotopic (exact) mass is 184 g/mol. The predicted octanol–water partition coefficient (Wildman–Crippen LogP) is 1.14. The summed E-state index contributed by atoms with van der Waals surface area (Å²) in [5.41, 5.74) is -0.0753. The molecule has 1 rings (SSSR count). The van der Waals surface area contributed by atoms with Crippen molar-refractivity contribution in [3.63, 3.8) is 0 Å². The molecule has 0 aromatic heterocycles. The van der Waals surface area contributed by atoms with Crippen molar-refractivity contribution < 1.29 is 9.79 Å². The fraction of sp³-hybridized carbons (Fsp3) is 0.125. The normalized spacial score (nSPS) is 11.2. The molecule has 4 heteroatoms. The van der Waals surface area contributed by atoms with E-state index in [1.54, 1.807) is 30.3 Å². The molecule has 0 aliphatic carbocycles. The zero-order chi connectivity index (χ0) is 9.19. The van der Waals surface area contributed by atoms with Crippen LogP contribution in [-0.4, -0.2) is 15.2 Å². The van der Waals surface area contributed by atoms with Crippen LogP contribution in [-0.2, 0) is 0 Å². The number of benzene rings is 1. The summed E-state index contributed by atoms with van der Waals surface area (Å²) in [6.07, 6.45) is 0. The van der Waals surface area contributed by atoms with Crippen LogP contribution in [0.4, 0.5) is 0 Å². The highest BCUT2D eigenvalue weighted by Crippen LogP contribution is 2.49. The molecule has 0 radical (unpaired) electrons. The Kier molecular flexibility index (Phi) is 2.58. The molecule has 0 atom stereocenters. The summed E-state index contributed by atoms with van der Waals surface area (Å²) in [4.78, 5) is 19.0. The van der Waals surface area contributed by atoms with Gasteiger partial charge in [-0.2, -0.15) is 0 Å². The molecule has 1 aromatic carbocycles. The SMILES string of the molecule is CC(=N)[P+](O)(O)c1ccccc1. The maximum Gasteiger partial charge on any atom is 0.347 e. The highest BCUT2D eigenvalue weighted by atomic mass is 31.2. The van der Waals surface area contributed by atoms with Crippen molar-refractivity contribution in [1.29, 1.82) is 5.41 Å². The Hall–Kier alpha value is -0.760. The van der Waals surface area contributed by atoms with E-state index in [-0.39, 0.29) is 5.45 Å². The summed E-state index contributed by atoms with van der Waals surface area (Å²) in [5.74, 6) is 0. The summed E-state index contributed by atoms with van der Waals surface area (Å²) in [7, 11) is -3.28. The molecule has 0 bridgehead atoms. The molecule has 64 valence electrons. The first-order valence-electron chi connectivity index (χ1n) is 3.51. The minimum atomic E-state index is -3.28. The Morgan fingerprint density at radius 1 is 1.25 bits per heavy atom. The van der Waals surface area contributed by atoms with Gasteiger partial charge in [0.25, 0.3) is 0 Å². The molecule has 0 fully saturated rings. The van der Waals surface area contributed by atoms with E-state index in [0.29, 0.717) is 5.30 Å². The highest BCUT2D eigenvalue weighted by molar-refractivity contribution is 7.87. The Bertz CT molecular complexity index is 284. The standard InChI is InChI=1S/C8H11NO2P/c1-7(9)12(10,11)8-5-3-2-4-6-8/h2-6,9-11H,1H3/q+1. The van der Waals surface area contributed by atoms with Crippen molar-refractivity contribution in [2.45, 2.75) is 6.92 Å². The summed E-state index contributed by atoms with van der Waals surface area (Å²) >= 11 is 0. The highest BCUT2D eigenvalue weighted by Gasteiger charge is 2.39. The fourth-order valence-electron chi connectivity index (χ4n) is 0.830. The molecule has 0 heterocycles. The van der Waals surface area contributed by atoms with Crippen molar-refractivity contribution in [2.24, 2.45) is 0 Å². The van der Waals surface area contributed by atoms with Crippen molar-refractivity contribution in [2.75, 3.05) is 0 Å². The third-order valence-electron chi connectivity index (χ3n) is 1.58. The Morgan fingerprint density at radius 2 is 1.75 bits per heavy atom. The minimum absolute atomic E-state index is 0.0753. The minimum Gasteiger partial charge on any atom is -0.267 e. The van der Waals surface area contributed by atoms with Gasteiger partial charge in [-0.15, -0.1) is 0 Å². The van der Waals surface area contributed by atoms with Gasteiger partial charge < -0.3 is 0 Å². The summed E-state index contributed by atoms with van der Waals surface area (Å²) in [6.45, 7) is 1.40. The summed E-state index contributed by atoms with van der Waals surface area (Å²) in [6, 6.07) is 8.47. The van der Waals surface area contributed by atoms with E-state index in [0.717, 1.165) is 0 Å². The zero-order valence-corrected chi connectivity index (χ0v) is 7.62. The van der Waals surface area contributed by atoms with Gasteiger partial charge >= 0.3 is 7.72 Å². The molecule has 3 N–H and O–H groups in total. The van der Waals surface area contributed by atoms with E-state index in [4.69, 9.17) is 5.41 Å². The summed E-state index contributed by atoms with van der Waals surface area (Å²) in [5, 5.41) is 7.61. The molecule has 0 aliphatic heterocycles. The zero-order valence-electron chi connectivity index (χ0n) is 6.73. The second-order valence-electron chi connectivity index (χ2n) is 2.52. The van der Waals surface area contributed by atoms with Crippen LogP contribution in [0.5, 0.6) is 0 Å². The second-order valence-corrected chi connectivity index (χ2v) is 4.91. The molecule has 0 amide bonds. The molecule has 0 saturated heterocycles. The van der Waals surface area contributed by atoms with Crippen molar-refractivity contribution in [3.05, 3.63) is 30.3 Å². The molecule has 3 nitrogen and oxygen atoms in total. The molecular weight excluding hydrogens is 173 g/mol.